The second kappa shape index (κ2) is 6.55. The van der Waals surface area contributed by atoms with Crippen LogP contribution in [0.1, 0.15) is 11.3 Å². The third-order valence-corrected chi connectivity index (χ3v) is 5.44. The van der Waals surface area contributed by atoms with Crippen molar-refractivity contribution in [1.29, 1.82) is 0 Å². The number of rotatable bonds is 3. The van der Waals surface area contributed by atoms with Crippen molar-refractivity contribution < 1.29 is 4.74 Å². The van der Waals surface area contributed by atoms with Gasteiger partial charge in [-0.15, -0.1) is 5.10 Å². The summed E-state index contributed by atoms with van der Waals surface area (Å²) in [4.78, 5) is 4.84. The molecule has 0 aliphatic carbocycles. The molecule has 2 aliphatic heterocycles. The first-order chi connectivity index (χ1) is 11.3. The van der Waals surface area contributed by atoms with Gasteiger partial charge in [-0.2, -0.15) is 16.4 Å². The standard InChI is InChI=1S/C17H22N4OS/c1-13-2-3-17(19-18-13)21-10-15-9-20(5-6-22-16(15)11-21)8-14-4-7-23-12-14/h2-4,7,12,15-16H,5-6,8-11H2,1H3/t15-,16+/m1/s1. The van der Waals surface area contributed by atoms with Gasteiger partial charge in [0, 0.05) is 38.6 Å². The number of ether oxygens (including phenoxy) is 1. The lowest BCUT2D eigenvalue weighted by atomic mass is 10.1. The van der Waals surface area contributed by atoms with Crippen LogP contribution in [0.4, 0.5) is 5.82 Å². The summed E-state index contributed by atoms with van der Waals surface area (Å²) in [6.07, 6.45) is 0.311. The van der Waals surface area contributed by atoms with E-state index in [0.29, 0.717) is 12.0 Å². The fourth-order valence-corrected chi connectivity index (χ4v) is 4.15. The summed E-state index contributed by atoms with van der Waals surface area (Å²) in [7, 11) is 0. The fraction of sp³-hybridized carbons (Fsp3) is 0.529. The van der Waals surface area contributed by atoms with Gasteiger partial charge in [0.15, 0.2) is 5.82 Å². The van der Waals surface area contributed by atoms with Gasteiger partial charge in [-0.3, -0.25) is 4.90 Å². The molecule has 2 aliphatic rings. The number of nitrogens with zero attached hydrogens (tertiary/aromatic N) is 4. The highest BCUT2D eigenvalue weighted by Crippen LogP contribution is 2.27. The van der Waals surface area contributed by atoms with Crippen molar-refractivity contribution in [2.24, 2.45) is 5.92 Å². The van der Waals surface area contributed by atoms with E-state index in [0.717, 1.165) is 50.8 Å². The van der Waals surface area contributed by atoms with Crippen LogP contribution in [0.5, 0.6) is 0 Å². The molecule has 0 N–H and O–H groups in total. The Bertz CT molecular complexity index is 631. The van der Waals surface area contributed by atoms with Crippen molar-refractivity contribution in [2.45, 2.75) is 19.6 Å². The summed E-state index contributed by atoms with van der Waals surface area (Å²) >= 11 is 1.77. The van der Waals surface area contributed by atoms with Crippen LogP contribution in [0.25, 0.3) is 0 Å². The van der Waals surface area contributed by atoms with E-state index in [1.807, 2.05) is 13.0 Å². The number of aromatic nitrogens is 2. The van der Waals surface area contributed by atoms with E-state index in [1.165, 1.54) is 5.56 Å². The van der Waals surface area contributed by atoms with Crippen LogP contribution >= 0.6 is 11.3 Å². The molecule has 0 aromatic carbocycles. The molecule has 2 saturated heterocycles. The zero-order valence-corrected chi connectivity index (χ0v) is 14.2. The molecule has 0 saturated carbocycles. The maximum Gasteiger partial charge on any atom is 0.151 e. The Morgan fingerprint density at radius 1 is 1.22 bits per heavy atom. The summed E-state index contributed by atoms with van der Waals surface area (Å²) < 4.78 is 6.12. The number of hydrogen-bond acceptors (Lipinski definition) is 6. The highest BCUT2D eigenvalue weighted by molar-refractivity contribution is 7.07. The first-order valence-electron chi connectivity index (χ1n) is 8.18. The molecular formula is C17H22N4OS. The third-order valence-electron chi connectivity index (χ3n) is 4.71. The third kappa shape index (κ3) is 3.39. The molecule has 2 aromatic heterocycles. The molecule has 0 radical (unpaired) electrons. The van der Waals surface area contributed by atoms with Gasteiger partial charge in [-0.25, -0.2) is 0 Å². The highest BCUT2D eigenvalue weighted by atomic mass is 32.1. The first-order valence-corrected chi connectivity index (χ1v) is 9.12. The number of hydrogen-bond donors (Lipinski definition) is 0. The lowest BCUT2D eigenvalue weighted by Crippen LogP contribution is -2.32. The monoisotopic (exact) mass is 330 g/mol. The van der Waals surface area contributed by atoms with Crippen LogP contribution in [-0.2, 0) is 11.3 Å². The van der Waals surface area contributed by atoms with Gasteiger partial charge in [-0.1, -0.05) is 0 Å². The van der Waals surface area contributed by atoms with E-state index in [9.17, 15) is 0 Å². The van der Waals surface area contributed by atoms with Gasteiger partial charge < -0.3 is 9.64 Å². The minimum atomic E-state index is 0.311. The average Bonchev–Trinajstić information content (AvgIpc) is 3.15. The Morgan fingerprint density at radius 3 is 2.96 bits per heavy atom. The van der Waals surface area contributed by atoms with E-state index < -0.39 is 0 Å². The van der Waals surface area contributed by atoms with Gasteiger partial charge in [0.05, 0.1) is 18.4 Å². The van der Waals surface area contributed by atoms with Crippen molar-refractivity contribution >= 4 is 17.2 Å². The molecule has 0 amide bonds. The molecule has 4 heterocycles. The summed E-state index contributed by atoms with van der Waals surface area (Å²) in [5.74, 6) is 1.51. The van der Waals surface area contributed by atoms with Gasteiger partial charge in [-0.05, 0) is 41.4 Å². The average molecular weight is 330 g/mol. The van der Waals surface area contributed by atoms with Gasteiger partial charge in [0.25, 0.3) is 0 Å². The van der Waals surface area contributed by atoms with Crippen LogP contribution in [0.15, 0.2) is 29.0 Å². The second-order valence-corrected chi connectivity index (χ2v) is 7.25. The first kappa shape index (κ1) is 15.1. The quantitative estimate of drug-likeness (QED) is 0.863. The SMILES string of the molecule is Cc1ccc(N2C[C@H]3CN(Cc4ccsc4)CCO[C@H]3C2)nn1. The maximum absolute atomic E-state index is 6.12. The van der Waals surface area contributed by atoms with Crippen molar-refractivity contribution in [3.05, 3.63) is 40.2 Å². The van der Waals surface area contributed by atoms with E-state index >= 15 is 0 Å². The number of aryl methyl sites for hydroxylation is 1. The van der Waals surface area contributed by atoms with Crippen LogP contribution in [0, 0.1) is 12.8 Å². The van der Waals surface area contributed by atoms with Crippen molar-refractivity contribution in [3.63, 3.8) is 0 Å². The second-order valence-electron chi connectivity index (χ2n) is 6.47. The number of fused-ring (bicyclic) bond motifs is 1. The van der Waals surface area contributed by atoms with Crippen LogP contribution in [-0.4, -0.2) is 54.0 Å². The smallest absolute Gasteiger partial charge is 0.151 e. The lowest BCUT2D eigenvalue weighted by molar-refractivity contribution is 0.0579. The molecule has 0 bridgehead atoms. The highest BCUT2D eigenvalue weighted by Gasteiger charge is 2.37. The molecule has 2 atom stereocenters. The van der Waals surface area contributed by atoms with Crippen LogP contribution in [0.2, 0.25) is 0 Å². The Balaban J connectivity index is 1.43. The van der Waals surface area contributed by atoms with Crippen LogP contribution in [0.3, 0.4) is 0 Å². The van der Waals surface area contributed by atoms with Crippen molar-refractivity contribution in [2.75, 3.05) is 37.7 Å². The molecular weight excluding hydrogens is 308 g/mol. The van der Waals surface area contributed by atoms with E-state index in [-0.39, 0.29) is 0 Å². The number of anilines is 1. The Labute approximate surface area is 140 Å². The summed E-state index contributed by atoms with van der Waals surface area (Å²) in [6, 6.07) is 6.31. The van der Waals surface area contributed by atoms with Crippen LogP contribution < -0.4 is 4.90 Å². The van der Waals surface area contributed by atoms with Crippen molar-refractivity contribution in [3.8, 4) is 0 Å². The summed E-state index contributed by atoms with van der Waals surface area (Å²) in [6.45, 7) is 7.86. The van der Waals surface area contributed by atoms with Gasteiger partial charge in [0.1, 0.15) is 0 Å². The molecule has 0 unspecified atom stereocenters. The Hall–Kier alpha value is -1.50. The molecule has 5 nitrogen and oxygen atoms in total. The largest absolute Gasteiger partial charge is 0.375 e. The lowest BCUT2D eigenvalue weighted by Gasteiger charge is -2.23. The Morgan fingerprint density at radius 2 is 2.17 bits per heavy atom. The molecule has 122 valence electrons. The molecule has 2 aromatic rings. The molecule has 23 heavy (non-hydrogen) atoms. The zero-order valence-electron chi connectivity index (χ0n) is 13.4. The molecule has 6 heteroatoms. The fourth-order valence-electron chi connectivity index (χ4n) is 3.49. The normalized spacial score (nSPS) is 25.3. The molecule has 4 rings (SSSR count). The van der Waals surface area contributed by atoms with E-state index in [4.69, 9.17) is 4.74 Å². The molecule has 2 fully saturated rings. The predicted octanol–water partition coefficient (Wildman–Crippen LogP) is 2.18. The molecule has 0 spiro atoms. The minimum absolute atomic E-state index is 0.311. The van der Waals surface area contributed by atoms with E-state index in [1.54, 1.807) is 11.3 Å². The predicted molar refractivity (Wildman–Crippen MR) is 91.8 cm³/mol. The van der Waals surface area contributed by atoms with E-state index in [2.05, 4.69) is 42.9 Å². The maximum atomic E-state index is 6.12. The van der Waals surface area contributed by atoms with Gasteiger partial charge in [0.2, 0.25) is 0 Å². The Kier molecular flexibility index (Phi) is 4.29. The number of thiophene rings is 1. The van der Waals surface area contributed by atoms with Gasteiger partial charge >= 0.3 is 0 Å². The minimum Gasteiger partial charge on any atom is -0.375 e. The summed E-state index contributed by atoms with van der Waals surface area (Å²) in [5.41, 5.74) is 2.37. The van der Waals surface area contributed by atoms with Crippen molar-refractivity contribution in [1.82, 2.24) is 15.1 Å². The topological polar surface area (TPSA) is 41.5 Å². The summed E-state index contributed by atoms with van der Waals surface area (Å²) in [5, 5.41) is 12.9. The zero-order chi connectivity index (χ0) is 15.6.